The van der Waals surface area contributed by atoms with E-state index in [0.29, 0.717) is 13.2 Å². The van der Waals surface area contributed by atoms with Gasteiger partial charge < -0.3 is 15.0 Å². The van der Waals surface area contributed by atoms with Crippen LogP contribution in [-0.2, 0) is 16.1 Å². The summed E-state index contributed by atoms with van der Waals surface area (Å²) in [5, 5.41) is 7.90. The molecule has 0 unspecified atom stereocenters. The highest BCUT2D eigenvalue weighted by Crippen LogP contribution is 2.32. The minimum atomic E-state index is -0.0811. The molecule has 6 heteroatoms. The number of carbonyl (C=O) groups is 1. The third-order valence-corrected chi connectivity index (χ3v) is 5.74. The molecule has 1 aliphatic rings. The van der Waals surface area contributed by atoms with Crippen molar-refractivity contribution < 1.29 is 9.53 Å². The van der Waals surface area contributed by atoms with Crippen LogP contribution in [0.25, 0.3) is 11.1 Å². The van der Waals surface area contributed by atoms with Crippen molar-refractivity contribution in [3.05, 3.63) is 64.8 Å². The van der Waals surface area contributed by atoms with E-state index in [1.165, 1.54) is 11.1 Å². The number of amides is 1. The standard InChI is InChI=1S/C25H30N4O2/c1-17-13-19(3)24(20(4)14-17)26-23(30)16-29-15-22(21-8-6-5-7-18(21)2)25(27-29)28-9-11-31-12-10-28/h5-8,13-15H,9-12,16H2,1-4H3,(H,26,30). The molecule has 2 aromatic carbocycles. The van der Waals surface area contributed by atoms with Crippen LogP contribution in [0.3, 0.4) is 0 Å². The Morgan fingerprint density at radius 1 is 1.00 bits per heavy atom. The Kier molecular flexibility index (Phi) is 6.09. The lowest BCUT2D eigenvalue weighted by molar-refractivity contribution is -0.116. The summed E-state index contributed by atoms with van der Waals surface area (Å²) in [4.78, 5) is 15.1. The maximum atomic E-state index is 12.9. The SMILES string of the molecule is Cc1cc(C)c(NC(=O)Cn2cc(-c3ccccc3C)c(N3CCOCC3)n2)c(C)c1. The van der Waals surface area contributed by atoms with Crippen molar-refractivity contribution >= 4 is 17.4 Å². The smallest absolute Gasteiger partial charge is 0.246 e. The number of hydrogen-bond acceptors (Lipinski definition) is 4. The van der Waals surface area contributed by atoms with E-state index in [9.17, 15) is 4.79 Å². The number of ether oxygens (including phenoxy) is 1. The topological polar surface area (TPSA) is 59.4 Å². The van der Waals surface area contributed by atoms with E-state index in [4.69, 9.17) is 9.84 Å². The Bertz CT molecular complexity index is 1070. The van der Waals surface area contributed by atoms with Gasteiger partial charge in [-0.15, -0.1) is 0 Å². The lowest BCUT2D eigenvalue weighted by Crippen LogP contribution is -2.37. The molecule has 6 nitrogen and oxygen atoms in total. The number of benzene rings is 2. The van der Waals surface area contributed by atoms with Crippen LogP contribution < -0.4 is 10.2 Å². The lowest BCUT2D eigenvalue weighted by atomic mass is 10.0. The average Bonchev–Trinajstić information content (AvgIpc) is 3.15. The number of morpholine rings is 1. The van der Waals surface area contributed by atoms with Crippen LogP contribution in [0, 0.1) is 27.7 Å². The van der Waals surface area contributed by atoms with Gasteiger partial charge in [-0.25, -0.2) is 0 Å². The second-order valence-electron chi connectivity index (χ2n) is 8.30. The number of anilines is 2. The van der Waals surface area contributed by atoms with E-state index in [-0.39, 0.29) is 12.5 Å². The minimum Gasteiger partial charge on any atom is -0.378 e. The van der Waals surface area contributed by atoms with Crippen LogP contribution in [0.4, 0.5) is 11.5 Å². The van der Waals surface area contributed by atoms with Gasteiger partial charge in [-0.05, 0) is 49.9 Å². The lowest BCUT2D eigenvalue weighted by Gasteiger charge is -2.27. The maximum Gasteiger partial charge on any atom is 0.246 e. The molecule has 4 rings (SSSR count). The van der Waals surface area contributed by atoms with Gasteiger partial charge in [-0.2, -0.15) is 5.10 Å². The minimum absolute atomic E-state index is 0.0811. The number of aryl methyl sites for hydroxylation is 4. The Labute approximate surface area is 183 Å². The molecule has 0 radical (unpaired) electrons. The summed E-state index contributed by atoms with van der Waals surface area (Å²) >= 11 is 0. The Morgan fingerprint density at radius 3 is 2.35 bits per heavy atom. The van der Waals surface area contributed by atoms with E-state index in [2.05, 4.69) is 48.3 Å². The third-order valence-electron chi connectivity index (χ3n) is 5.74. The quantitative estimate of drug-likeness (QED) is 0.673. The molecule has 0 aliphatic carbocycles. The van der Waals surface area contributed by atoms with Gasteiger partial charge in [0.1, 0.15) is 6.54 Å². The van der Waals surface area contributed by atoms with Crippen LogP contribution in [0.1, 0.15) is 22.3 Å². The van der Waals surface area contributed by atoms with Crippen LogP contribution in [0.15, 0.2) is 42.6 Å². The molecule has 0 bridgehead atoms. The summed E-state index contributed by atoms with van der Waals surface area (Å²) < 4.78 is 7.27. The second-order valence-corrected chi connectivity index (χ2v) is 8.30. The molecule has 3 aromatic rings. The van der Waals surface area contributed by atoms with Crippen molar-refractivity contribution in [2.24, 2.45) is 0 Å². The largest absolute Gasteiger partial charge is 0.378 e. The summed E-state index contributed by atoms with van der Waals surface area (Å²) in [5.41, 5.74) is 7.60. The van der Waals surface area contributed by atoms with Crippen LogP contribution in [0.5, 0.6) is 0 Å². The highest BCUT2D eigenvalue weighted by atomic mass is 16.5. The number of nitrogens with one attached hydrogen (secondary N) is 1. The summed E-state index contributed by atoms with van der Waals surface area (Å²) in [5.74, 6) is 0.829. The molecule has 0 saturated carbocycles. The number of carbonyl (C=O) groups excluding carboxylic acids is 1. The molecule has 1 N–H and O–H groups in total. The van der Waals surface area contributed by atoms with Gasteiger partial charge in [0.05, 0.1) is 13.2 Å². The number of rotatable bonds is 5. The third kappa shape index (κ3) is 4.64. The molecule has 1 aromatic heterocycles. The fraction of sp³-hybridized carbons (Fsp3) is 0.360. The predicted molar refractivity (Wildman–Crippen MR) is 125 cm³/mol. The molecule has 1 fully saturated rings. The van der Waals surface area contributed by atoms with E-state index in [1.807, 2.05) is 32.2 Å². The molecular weight excluding hydrogens is 388 g/mol. The van der Waals surface area contributed by atoms with E-state index in [0.717, 1.165) is 46.8 Å². The Balaban J connectivity index is 1.61. The van der Waals surface area contributed by atoms with Crippen molar-refractivity contribution in [3.8, 4) is 11.1 Å². The highest BCUT2D eigenvalue weighted by molar-refractivity contribution is 5.92. The van der Waals surface area contributed by atoms with Gasteiger partial charge in [0, 0.05) is 30.5 Å². The zero-order valence-corrected chi connectivity index (χ0v) is 18.7. The molecule has 2 heterocycles. The van der Waals surface area contributed by atoms with Crippen LogP contribution in [-0.4, -0.2) is 42.0 Å². The second kappa shape index (κ2) is 8.94. The first-order chi connectivity index (χ1) is 14.9. The number of hydrogen-bond donors (Lipinski definition) is 1. The zero-order valence-electron chi connectivity index (χ0n) is 18.7. The van der Waals surface area contributed by atoms with Gasteiger partial charge in [-0.1, -0.05) is 42.0 Å². The molecule has 162 valence electrons. The summed E-state index contributed by atoms with van der Waals surface area (Å²) in [7, 11) is 0. The Hall–Kier alpha value is -3.12. The first-order valence-electron chi connectivity index (χ1n) is 10.8. The fourth-order valence-corrected chi connectivity index (χ4v) is 4.27. The summed E-state index contributed by atoms with van der Waals surface area (Å²) in [6, 6.07) is 12.5. The molecule has 31 heavy (non-hydrogen) atoms. The first kappa shape index (κ1) is 21.1. The van der Waals surface area contributed by atoms with Crippen molar-refractivity contribution in [2.75, 3.05) is 36.5 Å². The summed E-state index contributed by atoms with van der Waals surface area (Å²) in [6.45, 7) is 11.3. The predicted octanol–water partition coefficient (Wildman–Crippen LogP) is 4.26. The van der Waals surface area contributed by atoms with Crippen molar-refractivity contribution in [2.45, 2.75) is 34.2 Å². The number of nitrogens with zero attached hydrogens (tertiary/aromatic N) is 3. The first-order valence-corrected chi connectivity index (χ1v) is 10.8. The molecule has 1 saturated heterocycles. The van der Waals surface area contributed by atoms with Crippen molar-refractivity contribution in [1.29, 1.82) is 0 Å². The molecule has 1 aliphatic heterocycles. The summed E-state index contributed by atoms with van der Waals surface area (Å²) in [6.07, 6.45) is 1.99. The van der Waals surface area contributed by atoms with Crippen molar-refractivity contribution in [1.82, 2.24) is 9.78 Å². The zero-order chi connectivity index (χ0) is 22.0. The van der Waals surface area contributed by atoms with Crippen LogP contribution in [0.2, 0.25) is 0 Å². The highest BCUT2D eigenvalue weighted by Gasteiger charge is 2.21. The van der Waals surface area contributed by atoms with E-state index >= 15 is 0 Å². The molecular formula is C25H30N4O2. The fourth-order valence-electron chi connectivity index (χ4n) is 4.27. The van der Waals surface area contributed by atoms with Gasteiger partial charge in [0.2, 0.25) is 5.91 Å². The van der Waals surface area contributed by atoms with Crippen LogP contribution >= 0.6 is 0 Å². The number of aromatic nitrogens is 2. The monoisotopic (exact) mass is 418 g/mol. The van der Waals surface area contributed by atoms with Gasteiger partial charge in [0.25, 0.3) is 0 Å². The van der Waals surface area contributed by atoms with E-state index in [1.54, 1.807) is 4.68 Å². The molecule has 0 atom stereocenters. The van der Waals surface area contributed by atoms with E-state index < -0.39 is 0 Å². The molecule has 0 spiro atoms. The normalized spacial score (nSPS) is 14.0. The maximum absolute atomic E-state index is 12.9. The van der Waals surface area contributed by atoms with Crippen molar-refractivity contribution in [3.63, 3.8) is 0 Å². The van der Waals surface area contributed by atoms with Gasteiger partial charge in [-0.3, -0.25) is 9.48 Å². The molecule has 1 amide bonds. The Morgan fingerprint density at radius 2 is 1.68 bits per heavy atom. The van der Waals surface area contributed by atoms with Gasteiger partial charge in [0.15, 0.2) is 5.82 Å². The average molecular weight is 419 g/mol. The van der Waals surface area contributed by atoms with Gasteiger partial charge >= 0.3 is 0 Å².